The first-order chi connectivity index (χ1) is 11.2. The number of pyridine rings is 1. The Hall–Kier alpha value is -2.70. The van der Waals surface area contributed by atoms with E-state index in [2.05, 4.69) is 15.3 Å². The van der Waals surface area contributed by atoms with Crippen LogP contribution in [0.1, 0.15) is 23.8 Å². The Morgan fingerprint density at radius 2 is 2.22 bits per heavy atom. The molecule has 23 heavy (non-hydrogen) atoms. The predicted octanol–water partition coefficient (Wildman–Crippen LogP) is 0.985. The lowest BCUT2D eigenvalue weighted by atomic mass is 10.2. The minimum Gasteiger partial charge on any atom is -0.361 e. The fourth-order valence-electron chi connectivity index (χ4n) is 2.70. The summed E-state index contributed by atoms with van der Waals surface area (Å²) >= 11 is 0. The van der Waals surface area contributed by atoms with Crippen LogP contribution in [0.25, 0.3) is 0 Å². The average Bonchev–Trinajstić information content (AvgIpc) is 3.05. The van der Waals surface area contributed by atoms with Gasteiger partial charge in [-0.15, -0.1) is 0 Å². The van der Waals surface area contributed by atoms with Gasteiger partial charge in [-0.1, -0.05) is 6.07 Å². The molecule has 1 saturated heterocycles. The standard InChI is InChI=1S/C16H19N5O2/c1-2-20-10-8-18-14(16(20)23)19-12-6-9-21(11-12)15(22)13-5-3-4-7-17-13/h3-5,7-8,10,12H,2,6,9,11H2,1H3,(H,18,19). The molecule has 1 unspecified atom stereocenters. The lowest BCUT2D eigenvalue weighted by Gasteiger charge is -2.17. The molecule has 0 aromatic carbocycles. The van der Waals surface area contributed by atoms with Gasteiger partial charge >= 0.3 is 0 Å². The summed E-state index contributed by atoms with van der Waals surface area (Å²) in [6.45, 7) is 3.69. The van der Waals surface area contributed by atoms with Gasteiger partial charge in [0.1, 0.15) is 5.69 Å². The lowest BCUT2D eigenvalue weighted by molar-refractivity contribution is 0.0786. The van der Waals surface area contributed by atoms with Gasteiger partial charge in [0, 0.05) is 44.3 Å². The maximum Gasteiger partial charge on any atom is 0.293 e. The van der Waals surface area contributed by atoms with Crippen LogP contribution < -0.4 is 10.9 Å². The molecule has 0 aliphatic carbocycles. The lowest BCUT2D eigenvalue weighted by Crippen LogP contribution is -2.34. The fourth-order valence-corrected chi connectivity index (χ4v) is 2.70. The number of aryl methyl sites for hydroxylation is 1. The predicted molar refractivity (Wildman–Crippen MR) is 86.3 cm³/mol. The summed E-state index contributed by atoms with van der Waals surface area (Å²) in [5, 5.41) is 3.16. The highest BCUT2D eigenvalue weighted by molar-refractivity contribution is 5.92. The molecule has 3 heterocycles. The third-order valence-corrected chi connectivity index (χ3v) is 3.95. The fraction of sp³-hybridized carbons (Fsp3) is 0.375. The maximum atomic E-state index is 12.4. The zero-order chi connectivity index (χ0) is 16.2. The molecule has 1 amide bonds. The van der Waals surface area contributed by atoms with Gasteiger partial charge in [-0.05, 0) is 25.5 Å². The van der Waals surface area contributed by atoms with Gasteiger partial charge in [-0.25, -0.2) is 4.98 Å². The molecule has 120 valence electrons. The summed E-state index contributed by atoms with van der Waals surface area (Å²) in [6, 6.07) is 5.32. The molecular formula is C16H19N5O2. The third kappa shape index (κ3) is 3.23. The van der Waals surface area contributed by atoms with Crippen LogP contribution in [0.2, 0.25) is 0 Å². The van der Waals surface area contributed by atoms with E-state index in [9.17, 15) is 9.59 Å². The topological polar surface area (TPSA) is 80.1 Å². The molecular weight excluding hydrogens is 294 g/mol. The Bertz CT molecular complexity index is 744. The Morgan fingerprint density at radius 3 is 2.96 bits per heavy atom. The zero-order valence-corrected chi connectivity index (χ0v) is 13.0. The van der Waals surface area contributed by atoms with E-state index in [0.29, 0.717) is 31.1 Å². The first-order valence-corrected chi connectivity index (χ1v) is 7.71. The van der Waals surface area contributed by atoms with Crippen molar-refractivity contribution in [3.05, 3.63) is 52.8 Å². The molecule has 0 spiro atoms. The number of anilines is 1. The number of hydrogen-bond acceptors (Lipinski definition) is 5. The van der Waals surface area contributed by atoms with E-state index in [1.807, 2.05) is 6.92 Å². The first-order valence-electron chi connectivity index (χ1n) is 7.71. The summed E-state index contributed by atoms with van der Waals surface area (Å²) in [5.41, 5.74) is 0.309. The summed E-state index contributed by atoms with van der Waals surface area (Å²) < 4.78 is 1.60. The van der Waals surface area contributed by atoms with Crippen LogP contribution in [0, 0.1) is 0 Å². The van der Waals surface area contributed by atoms with Crippen molar-refractivity contribution >= 4 is 11.7 Å². The van der Waals surface area contributed by atoms with Gasteiger partial charge in [-0.3, -0.25) is 14.6 Å². The van der Waals surface area contributed by atoms with Crippen LogP contribution in [0.4, 0.5) is 5.82 Å². The van der Waals surface area contributed by atoms with Crippen molar-refractivity contribution < 1.29 is 4.79 Å². The molecule has 2 aromatic heterocycles. The van der Waals surface area contributed by atoms with Crippen LogP contribution in [0.3, 0.4) is 0 Å². The van der Waals surface area contributed by atoms with E-state index < -0.39 is 0 Å². The van der Waals surface area contributed by atoms with Crippen LogP contribution in [-0.2, 0) is 6.54 Å². The SMILES string of the molecule is CCn1ccnc(NC2CCN(C(=O)c3ccccn3)C2)c1=O. The molecule has 7 nitrogen and oxygen atoms in total. The number of aromatic nitrogens is 3. The van der Waals surface area contributed by atoms with Crippen molar-refractivity contribution in [2.45, 2.75) is 25.9 Å². The van der Waals surface area contributed by atoms with Gasteiger partial charge in [0.2, 0.25) is 0 Å². The molecule has 2 aromatic rings. The van der Waals surface area contributed by atoms with E-state index in [1.54, 1.807) is 46.3 Å². The Morgan fingerprint density at radius 1 is 1.35 bits per heavy atom. The van der Waals surface area contributed by atoms with E-state index in [0.717, 1.165) is 6.42 Å². The molecule has 0 saturated carbocycles. The number of rotatable bonds is 4. The van der Waals surface area contributed by atoms with Crippen molar-refractivity contribution in [1.82, 2.24) is 19.4 Å². The smallest absolute Gasteiger partial charge is 0.293 e. The van der Waals surface area contributed by atoms with E-state index in [-0.39, 0.29) is 17.5 Å². The quantitative estimate of drug-likeness (QED) is 0.910. The average molecular weight is 313 g/mol. The summed E-state index contributed by atoms with van der Waals surface area (Å²) in [6.07, 6.45) is 5.67. The maximum absolute atomic E-state index is 12.4. The van der Waals surface area contributed by atoms with Crippen molar-refractivity contribution in [3.63, 3.8) is 0 Å². The number of hydrogen-bond donors (Lipinski definition) is 1. The van der Waals surface area contributed by atoms with Crippen LogP contribution in [0.15, 0.2) is 41.6 Å². The summed E-state index contributed by atoms with van der Waals surface area (Å²) in [4.78, 5) is 34.5. The number of carbonyl (C=O) groups excluding carboxylic acids is 1. The second-order valence-electron chi connectivity index (χ2n) is 5.46. The monoisotopic (exact) mass is 313 g/mol. The molecule has 3 rings (SSSR count). The number of amides is 1. The summed E-state index contributed by atoms with van der Waals surface area (Å²) in [7, 11) is 0. The van der Waals surface area contributed by atoms with Crippen molar-refractivity contribution in [1.29, 1.82) is 0 Å². The molecule has 1 aliphatic rings. The van der Waals surface area contributed by atoms with Crippen LogP contribution in [0.5, 0.6) is 0 Å². The number of nitrogens with one attached hydrogen (secondary N) is 1. The van der Waals surface area contributed by atoms with Crippen LogP contribution >= 0.6 is 0 Å². The largest absolute Gasteiger partial charge is 0.361 e. The number of carbonyl (C=O) groups is 1. The highest BCUT2D eigenvalue weighted by atomic mass is 16.2. The number of nitrogens with zero attached hydrogens (tertiary/aromatic N) is 4. The highest BCUT2D eigenvalue weighted by Crippen LogP contribution is 2.15. The molecule has 1 aliphatic heterocycles. The van der Waals surface area contributed by atoms with Crippen molar-refractivity contribution in [3.8, 4) is 0 Å². The normalized spacial score (nSPS) is 17.3. The van der Waals surface area contributed by atoms with Crippen LogP contribution in [-0.4, -0.2) is 44.5 Å². The van der Waals surface area contributed by atoms with E-state index >= 15 is 0 Å². The molecule has 1 atom stereocenters. The Balaban J connectivity index is 1.67. The second kappa shape index (κ2) is 6.60. The minimum absolute atomic E-state index is 0.0237. The van der Waals surface area contributed by atoms with E-state index in [4.69, 9.17) is 0 Å². The second-order valence-corrected chi connectivity index (χ2v) is 5.46. The number of likely N-dealkylation sites (tertiary alicyclic amines) is 1. The van der Waals surface area contributed by atoms with E-state index in [1.165, 1.54) is 0 Å². The van der Waals surface area contributed by atoms with Crippen molar-refractivity contribution in [2.75, 3.05) is 18.4 Å². The highest BCUT2D eigenvalue weighted by Gasteiger charge is 2.28. The van der Waals surface area contributed by atoms with Gasteiger partial charge in [0.15, 0.2) is 5.82 Å². The Kier molecular flexibility index (Phi) is 4.36. The van der Waals surface area contributed by atoms with Gasteiger partial charge in [0.05, 0.1) is 0 Å². The molecule has 7 heteroatoms. The third-order valence-electron chi connectivity index (χ3n) is 3.95. The first kappa shape index (κ1) is 15.2. The zero-order valence-electron chi connectivity index (χ0n) is 13.0. The molecule has 0 radical (unpaired) electrons. The van der Waals surface area contributed by atoms with Gasteiger partial charge in [-0.2, -0.15) is 0 Å². The molecule has 0 bridgehead atoms. The Labute approximate surface area is 134 Å². The van der Waals surface area contributed by atoms with Gasteiger partial charge < -0.3 is 14.8 Å². The molecule has 1 fully saturated rings. The van der Waals surface area contributed by atoms with Gasteiger partial charge in [0.25, 0.3) is 11.5 Å². The molecule has 1 N–H and O–H groups in total. The van der Waals surface area contributed by atoms with Crippen molar-refractivity contribution in [2.24, 2.45) is 0 Å². The minimum atomic E-state index is -0.135. The summed E-state index contributed by atoms with van der Waals surface area (Å²) in [5.74, 6) is 0.258.